The summed E-state index contributed by atoms with van der Waals surface area (Å²) in [5.41, 5.74) is 0. The van der Waals surface area contributed by atoms with Crippen molar-refractivity contribution in [1.82, 2.24) is 9.97 Å². The average molecular weight is 335 g/mol. The molecule has 1 N–H and O–H groups in total. The van der Waals surface area contributed by atoms with Gasteiger partial charge in [0.1, 0.15) is 6.04 Å². The van der Waals surface area contributed by atoms with Gasteiger partial charge < -0.3 is 10.1 Å². The van der Waals surface area contributed by atoms with Crippen molar-refractivity contribution in [2.75, 3.05) is 12.4 Å². The molecule has 0 spiro atoms. The van der Waals surface area contributed by atoms with Crippen LogP contribution in [0.2, 0.25) is 0 Å². The summed E-state index contributed by atoms with van der Waals surface area (Å²) in [6, 6.07) is -0.426. The Bertz CT molecular complexity index is 354. The van der Waals surface area contributed by atoms with Crippen LogP contribution in [0.25, 0.3) is 0 Å². The number of hydrogen-bond donors (Lipinski definition) is 1. The van der Waals surface area contributed by atoms with Gasteiger partial charge in [-0.15, -0.1) is 0 Å². The molecule has 0 saturated carbocycles. The van der Waals surface area contributed by atoms with Gasteiger partial charge >= 0.3 is 5.97 Å². The highest BCUT2D eigenvalue weighted by Crippen LogP contribution is 2.10. The van der Waals surface area contributed by atoms with E-state index < -0.39 is 6.04 Å². The molecule has 1 aromatic rings. The topological polar surface area (TPSA) is 64.1 Å². The van der Waals surface area contributed by atoms with Crippen molar-refractivity contribution >= 4 is 34.5 Å². The highest BCUT2D eigenvalue weighted by Gasteiger charge is 2.23. The summed E-state index contributed by atoms with van der Waals surface area (Å²) in [4.78, 5) is 19.6. The zero-order valence-corrected chi connectivity index (χ0v) is 11.6. The van der Waals surface area contributed by atoms with Crippen LogP contribution in [0.3, 0.4) is 0 Å². The van der Waals surface area contributed by atoms with Crippen molar-refractivity contribution in [3.8, 4) is 0 Å². The second kappa shape index (κ2) is 5.97. The van der Waals surface area contributed by atoms with Crippen molar-refractivity contribution in [3.63, 3.8) is 0 Å². The second-order valence-electron chi connectivity index (χ2n) is 3.61. The summed E-state index contributed by atoms with van der Waals surface area (Å²) in [6.45, 7) is 3.86. The number of aromatic nitrogens is 2. The number of nitrogens with zero attached hydrogens (tertiary/aromatic N) is 2. The zero-order chi connectivity index (χ0) is 12.1. The summed E-state index contributed by atoms with van der Waals surface area (Å²) in [5.74, 6) is 0.233. The van der Waals surface area contributed by atoms with Crippen LogP contribution in [0.4, 0.5) is 5.95 Å². The first kappa shape index (κ1) is 13.1. The van der Waals surface area contributed by atoms with Gasteiger partial charge in [-0.05, 0) is 28.5 Å². The molecule has 0 fully saturated rings. The highest BCUT2D eigenvalue weighted by atomic mass is 127. The maximum atomic E-state index is 11.5. The highest BCUT2D eigenvalue weighted by molar-refractivity contribution is 14.1. The number of halogens is 1. The van der Waals surface area contributed by atoms with E-state index in [1.54, 1.807) is 12.4 Å². The molecule has 1 unspecified atom stereocenters. The normalized spacial score (nSPS) is 12.3. The molecule has 0 amide bonds. The number of rotatable bonds is 4. The number of ether oxygens (including phenoxy) is 1. The van der Waals surface area contributed by atoms with Gasteiger partial charge in [0.25, 0.3) is 0 Å². The van der Waals surface area contributed by atoms with Crippen LogP contribution in [-0.4, -0.2) is 29.1 Å². The van der Waals surface area contributed by atoms with E-state index in [2.05, 4.69) is 37.9 Å². The van der Waals surface area contributed by atoms with Crippen molar-refractivity contribution < 1.29 is 9.53 Å². The van der Waals surface area contributed by atoms with Crippen LogP contribution in [-0.2, 0) is 9.53 Å². The van der Waals surface area contributed by atoms with Crippen LogP contribution in [0, 0.1) is 9.49 Å². The molecular weight excluding hydrogens is 321 g/mol. The number of nitrogens with one attached hydrogen (secondary N) is 1. The van der Waals surface area contributed by atoms with E-state index in [9.17, 15) is 4.79 Å². The van der Waals surface area contributed by atoms with E-state index in [1.165, 1.54) is 7.11 Å². The molecule has 6 heteroatoms. The van der Waals surface area contributed by atoms with Gasteiger partial charge in [-0.3, -0.25) is 0 Å². The molecular formula is C10H14IN3O2. The van der Waals surface area contributed by atoms with E-state index in [0.29, 0.717) is 5.95 Å². The first-order chi connectivity index (χ1) is 7.54. The fourth-order valence-electron chi connectivity index (χ4n) is 1.15. The number of carbonyl (C=O) groups is 1. The minimum atomic E-state index is -0.426. The minimum Gasteiger partial charge on any atom is -0.467 e. The maximum absolute atomic E-state index is 11.5. The van der Waals surface area contributed by atoms with Crippen molar-refractivity contribution in [2.45, 2.75) is 19.9 Å². The molecule has 16 heavy (non-hydrogen) atoms. The van der Waals surface area contributed by atoms with E-state index >= 15 is 0 Å². The lowest BCUT2D eigenvalue weighted by Gasteiger charge is -2.19. The molecule has 0 aliphatic carbocycles. The number of hydrogen-bond acceptors (Lipinski definition) is 5. The molecule has 0 aliphatic rings. The van der Waals surface area contributed by atoms with Gasteiger partial charge in [0, 0.05) is 16.0 Å². The van der Waals surface area contributed by atoms with Crippen molar-refractivity contribution in [2.24, 2.45) is 5.92 Å². The Morgan fingerprint density at radius 3 is 2.44 bits per heavy atom. The first-order valence-corrected chi connectivity index (χ1v) is 5.94. The molecule has 1 aromatic heterocycles. The number of anilines is 1. The smallest absolute Gasteiger partial charge is 0.328 e. The maximum Gasteiger partial charge on any atom is 0.328 e. The second-order valence-corrected chi connectivity index (χ2v) is 4.86. The predicted molar refractivity (Wildman–Crippen MR) is 69.0 cm³/mol. The monoisotopic (exact) mass is 335 g/mol. The van der Waals surface area contributed by atoms with Gasteiger partial charge in [-0.2, -0.15) is 0 Å². The zero-order valence-electron chi connectivity index (χ0n) is 9.40. The molecule has 0 bridgehead atoms. The standard InChI is InChI=1S/C10H14IN3O2/c1-6(2)8(9(15)16-3)14-10-12-4-7(11)5-13-10/h4-6,8H,1-3H3,(H,12,13,14). The predicted octanol–water partition coefficient (Wildman–Crippen LogP) is 1.69. The van der Waals surface area contributed by atoms with Crippen LogP contribution in [0.5, 0.6) is 0 Å². The SMILES string of the molecule is COC(=O)C(Nc1ncc(I)cn1)C(C)C. The molecule has 1 heterocycles. The summed E-state index contributed by atoms with van der Waals surface area (Å²) >= 11 is 2.12. The molecule has 1 rings (SSSR count). The fourth-order valence-corrected chi connectivity index (χ4v) is 1.43. The van der Waals surface area contributed by atoms with Crippen LogP contribution in [0.1, 0.15) is 13.8 Å². The Balaban J connectivity index is 2.75. The third-order valence-electron chi connectivity index (χ3n) is 2.03. The van der Waals surface area contributed by atoms with Gasteiger partial charge in [-0.1, -0.05) is 13.8 Å². The molecule has 5 nitrogen and oxygen atoms in total. The number of methoxy groups -OCH3 is 1. The van der Waals surface area contributed by atoms with Crippen LogP contribution < -0.4 is 5.32 Å². The third-order valence-corrected chi connectivity index (χ3v) is 2.58. The lowest BCUT2D eigenvalue weighted by Crippen LogP contribution is -2.36. The van der Waals surface area contributed by atoms with E-state index in [1.807, 2.05) is 13.8 Å². The summed E-state index contributed by atoms with van der Waals surface area (Å²) in [6.07, 6.45) is 3.37. The molecule has 0 aromatic carbocycles. The van der Waals surface area contributed by atoms with Crippen molar-refractivity contribution in [1.29, 1.82) is 0 Å². The lowest BCUT2D eigenvalue weighted by molar-refractivity contribution is -0.142. The fraction of sp³-hybridized carbons (Fsp3) is 0.500. The largest absolute Gasteiger partial charge is 0.467 e. The van der Waals surface area contributed by atoms with Gasteiger partial charge in [0.2, 0.25) is 5.95 Å². The van der Waals surface area contributed by atoms with Crippen molar-refractivity contribution in [3.05, 3.63) is 16.0 Å². The molecule has 0 saturated heterocycles. The molecule has 1 atom stereocenters. The van der Waals surface area contributed by atoms with E-state index in [-0.39, 0.29) is 11.9 Å². The average Bonchev–Trinajstić information content (AvgIpc) is 2.27. The van der Waals surface area contributed by atoms with Gasteiger partial charge in [-0.25, -0.2) is 14.8 Å². The summed E-state index contributed by atoms with van der Waals surface area (Å²) in [7, 11) is 1.37. The van der Waals surface area contributed by atoms with Crippen LogP contribution >= 0.6 is 22.6 Å². The molecule has 0 aliphatic heterocycles. The van der Waals surface area contributed by atoms with Gasteiger partial charge in [0.05, 0.1) is 7.11 Å². The summed E-state index contributed by atoms with van der Waals surface area (Å²) < 4.78 is 5.66. The Kier molecular flexibility index (Phi) is 4.91. The Hall–Kier alpha value is -0.920. The third kappa shape index (κ3) is 3.58. The van der Waals surface area contributed by atoms with Crippen LogP contribution in [0.15, 0.2) is 12.4 Å². The molecule has 0 radical (unpaired) electrons. The lowest BCUT2D eigenvalue weighted by atomic mass is 10.1. The Morgan fingerprint density at radius 1 is 1.44 bits per heavy atom. The number of carbonyl (C=O) groups excluding carboxylic acids is 1. The Morgan fingerprint density at radius 2 is 2.00 bits per heavy atom. The minimum absolute atomic E-state index is 0.107. The number of esters is 1. The first-order valence-electron chi connectivity index (χ1n) is 4.86. The van der Waals surface area contributed by atoms with E-state index in [4.69, 9.17) is 4.74 Å². The Labute approximate surface area is 108 Å². The van der Waals surface area contributed by atoms with E-state index in [0.717, 1.165) is 3.57 Å². The van der Waals surface area contributed by atoms with Gasteiger partial charge in [0.15, 0.2) is 0 Å². The quantitative estimate of drug-likeness (QED) is 0.670. The summed E-state index contributed by atoms with van der Waals surface area (Å²) in [5, 5.41) is 2.96. The molecule has 88 valence electrons.